The van der Waals surface area contributed by atoms with Crippen molar-refractivity contribution in [2.75, 3.05) is 6.54 Å². The minimum atomic E-state index is -3.88. The van der Waals surface area contributed by atoms with Crippen LogP contribution in [0.3, 0.4) is 0 Å². The van der Waals surface area contributed by atoms with Gasteiger partial charge in [0.25, 0.3) is 15.0 Å². The molecule has 0 aromatic heterocycles. The lowest BCUT2D eigenvalue weighted by Gasteiger charge is -2.27. The van der Waals surface area contributed by atoms with Gasteiger partial charge in [0.1, 0.15) is 0 Å². The molecule has 1 fully saturated rings. The summed E-state index contributed by atoms with van der Waals surface area (Å²) in [7, 11) is 1.45. The largest absolute Gasteiger partial charge is 0.336 e. The van der Waals surface area contributed by atoms with Gasteiger partial charge >= 0.3 is 0 Å². The lowest BCUT2D eigenvalue weighted by molar-refractivity contribution is 0.0698. The van der Waals surface area contributed by atoms with E-state index in [-0.39, 0.29) is 27.4 Å². The van der Waals surface area contributed by atoms with E-state index < -0.39 is 9.05 Å². The van der Waals surface area contributed by atoms with Gasteiger partial charge in [0.15, 0.2) is 0 Å². The molecular weight excluding hydrogens is 333 g/mol. The van der Waals surface area contributed by atoms with Crippen LogP contribution < -0.4 is 0 Å². The van der Waals surface area contributed by atoms with Crippen molar-refractivity contribution in [3.05, 3.63) is 28.8 Å². The maximum atomic E-state index is 12.7. The Balaban J connectivity index is 2.38. The zero-order valence-corrected chi connectivity index (χ0v) is 14.0. The number of benzene rings is 1. The minimum Gasteiger partial charge on any atom is -0.336 e. The zero-order valence-electron chi connectivity index (χ0n) is 11.7. The number of halogens is 2. The molecule has 1 amide bonds. The Kier molecular flexibility index (Phi) is 5.17. The number of hydrogen-bond acceptors (Lipinski definition) is 3. The third-order valence-corrected chi connectivity index (χ3v) is 5.44. The van der Waals surface area contributed by atoms with Crippen molar-refractivity contribution in [2.24, 2.45) is 0 Å². The van der Waals surface area contributed by atoms with E-state index in [9.17, 15) is 13.2 Å². The number of likely N-dealkylation sites (tertiary alicyclic amines) is 1. The Morgan fingerprint density at radius 2 is 2.00 bits per heavy atom. The lowest BCUT2D eigenvalue weighted by atomic mass is 10.1. The Hall–Kier alpha value is -0.780. The van der Waals surface area contributed by atoms with E-state index in [0.29, 0.717) is 6.54 Å². The van der Waals surface area contributed by atoms with E-state index >= 15 is 0 Å². The van der Waals surface area contributed by atoms with Crippen molar-refractivity contribution < 1.29 is 13.2 Å². The Labute approximate surface area is 134 Å². The van der Waals surface area contributed by atoms with E-state index in [1.165, 1.54) is 18.2 Å². The number of carbonyl (C=O) groups is 1. The number of amides is 1. The summed E-state index contributed by atoms with van der Waals surface area (Å²) in [5, 5.41) is 0.237. The topological polar surface area (TPSA) is 54.5 Å². The van der Waals surface area contributed by atoms with Crippen LogP contribution in [0.15, 0.2) is 23.1 Å². The predicted octanol–water partition coefficient (Wildman–Crippen LogP) is 3.67. The summed E-state index contributed by atoms with van der Waals surface area (Å²) in [6, 6.07) is 4.07. The molecule has 0 spiro atoms. The molecule has 0 saturated carbocycles. The summed E-state index contributed by atoms with van der Waals surface area (Å²) in [5.41, 5.74) is 0.187. The highest BCUT2D eigenvalue weighted by atomic mass is 35.7. The molecule has 0 N–H and O–H groups in total. The molecule has 0 bridgehead atoms. The van der Waals surface area contributed by atoms with Crippen molar-refractivity contribution in [1.29, 1.82) is 0 Å². The molecule has 7 heteroatoms. The number of rotatable bonds is 2. The number of nitrogens with zero attached hydrogens (tertiary/aromatic N) is 1. The minimum absolute atomic E-state index is 0.112. The van der Waals surface area contributed by atoms with Crippen LogP contribution in [0.25, 0.3) is 0 Å². The van der Waals surface area contributed by atoms with Gasteiger partial charge < -0.3 is 4.90 Å². The molecule has 1 unspecified atom stereocenters. The molecule has 1 aliphatic heterocycles. The fourth-order valence-corrected chi connectivity index (χ4v) is 3.53. The average Bonchev–Trinajstić information content (AvgIpc) is 2.62. The van der Waals surface area contributed by atoms with Crippen LogP contribution in [0, 0.1) is 0 Å². The van der Waals surface area contributed by atoms with Gasteiger partial charge in [-0.1, -0.05) is 24.4 Å². The summed E-state index contributed by atoms with van der Waals surface area (Å²) in [6.07, 6.45) is 4.07. The van der Waals surface area contributed by atoms with Crippen LogP contribution in [0.1, 0.15) is 43.0 Å². The third kappa shape index (κ3) is 3.90. The second-order valence-electron chi connectivity index (χ2n) is 5.28. The Morgan fingerprint density at radius 1 is 1.29 bits per heavy atom. The van der Waals surface area contributed by atoms with E-state index in [1.807, 2.05) is 6.92 Å². The van der Waals surface area contributed by atoms with Crippen LogP contribution in [-0.4, -0.2) is 31.8 Å². The summed E-state index contributed by atoms with van der Waals surface area (Å²) < 4.78 is 22.8. The van der Waals surface area contributed by atoms with Gasteiger partial charge in [0.2, 0.25) is 0 Å². The molecule has 1 atom stereocenters. The molecule has 1 saturated heterocycles. The molecule has 1 heterocycles. The average molecular weight is 350 g/mol. The summed E-state index contributed by atoms with van der Waals surface area (Å²) in [4.78, 5) is 14.3. The quantitative estimate of drug-likeness (QED) is 0.765. The number of hydrogen-bond donors (Lipinski definition) is 0. The van der Waals surface area contributed by atoms with E-state index in [2.05, 4.69) is 0 Å². The Morgan fingerprint density at radius 3 is 2.67 bits per heavy atom. The molecule has 21 heavy (non-hydrogen) atoms. The number of carbonyl (C=O) groups excluding carboxylic acids is 1. The monoisotopic (exact) mass is 349 g/mol. The molecule has 0 aliphatic carbocycles. The highest BCUT2D eigenvalue weighted by molar-refractivity contribution is 8.13. The second kappa shape index (κ2) is 6.55. The van der Waals surface area contributed by atoms with Gasteiger partial charge in [-0.15, -0.1) is 0 Å². The van der Waals surface area contributed by atoms with Crippen molar-refractivity contribution in [3.8, 4) is 0 Å². The van der Waals surface area contributed by atoms with Gasteiger partial charge in [0, 0.05) is 23.3 Å². The third-order valence-electron chi connectivity index (χ3n) is 3.76. The van der Waals surface area contributed by atoms with Gasteiger partial charge in [0.05, 0.1) is 15.5 Å². The molecule has 4 nitrogen and oxygen atoms in total. The molecular formula is C14H17Cl2NO3S. The summed E-state index contributed by atoms with van der Waals surface area (Å²) in [5.74, 6) is -0.239. The first-order chi connectivity index (χ1) is 9.80. The maximum Gasteiger partial charge on any atom is 0.261 e. The van der Waals surface area contributed by atoms with Gasteiger partial charge in [-0.2, -0.15) is 0 Å². The van der Waals surface area contributed by atoms with Gasteiger partial charge in [-0.3, -0.25) is 4.79 Å². The first kappa shape index (κ1) is 16.6. The van der Waals surface area contributed by atoms with Gasteiger partial charge in [-0.25, -0.2) is 8.42 Å². The van der Waals surface area contributed by atoms with Crippen LogP contribution in [0.4, 0.5) is 0 Å². The fraction of sp³-hybridized carbons (Fsp3) is 0.500. The van der Waals surface area contributed by atoms with Crippen molar-refractivity contribution in [3.63, 3.8) is 0 Å². The van der Waals surface area contributed by atoms with E-state index in [1.54, 1.807) is 4.90 Å². The van der Waals surface area contributed by atoms with Crippen LogP contribution in [0.2, 0.25) is 5.02 Å². The van der Waals surface area contributed by atoms with Crippen molar-refractivity contribution in [2.45, 2.75) is 43.5 Å². The molecule has 1 aromatic rings. The molecule has 1 aliphatic rings. The maximum absolute atomic E-state index is 12.7. The smallest absolute Gasteiger partial charge is 0.261 e. The highest BCUT2D eigenvalue weighted by Gasteiger charge is 2.25. The Bertz CT molecular complexity index is 646. The molecule has 116 valence electrons. The lowest BCUT2D eigenvalue weighted by Crippen LogP contribution is -2.38. The SMILES string of the molecule is CC1CCCCCN1C(=O)c1cc(S(=O)(=O)Cl)ccc1Cl. The van der Waals surface area contributed by atoms with Crippen LogP contribution in [0.5, 0.6) is 0 Å². The molecule has 1 aromatic carbocycles. The van der Waals surface area contributed by atoms with Crippen LogP contribution >= 0.6 is 22.3 Å². The molecule has 0 radical (unpaired) electrons. The zero-order chi connectivity index (χ0) is 15.6. The highest BCUT2D eigenvalue weighted by Crippen LogP contribution is 2.26. The van der Waals surface area contributed by atoms with Crippen LogP contribution in [-0.2, 0) is 9.05 Å². The first-order valence-electron chi connectivity index (χ1n) is 6.86. The van der Waals surface area contributed by atoms with Gasteiger partial charge in [-0.05, 0) is 38.0 Å². The fourth-order valence-electron chi connectivity index (χ4n) is 2.55. The molecule has 2 rings (SSSR count). The summed E-state index contributed by atoms with van der Waals surface area (Å²) >= 11 is 6.06. The van der Waals surface area contributed by atoms with Crippen molar-refractivity contribution in [1.82, 2.24) is 4.90 Å². The first-order valence-corrected chi connectivity index (χ1v) is 9.54. The second-order valence-corrected chi connectivity index (χ2v) is 8.25. The summed E-state index contributed by atoms with van der Waals surface area (Å²) in [6.45, 7) is 2.66. The van der Waals surface area contributed by atoms with E-state index in [4.69, 9.17) is 22.3 Å². The normalized spacial score (nSPS) is 20.1. The van der Waals surface area contributed by atoms with Crippen molar-refractivity contribution >= 4 is 37.2 Å². The van der Waals surface area contributed by atoms with E-state index in [0.717, 1.165) is 25.7 Å². The predicted molar refractivity (Wildman–Crippen MR) is 83.5 cm³/mol. The standard InChI is InChI=1S/C14H17Cl2NO3S/c1-10-5-3-2-4-8-17(10)14(18)12-9-11(21(16,19)20)6-7-13(12)15/h6-7,9-10H,2-5,8H2,1H3.